The Hall–Kier alpha value is -3.13. The first-order valence-electron chi connectivity index (χ1n) is 13.6. The highest BCUT2D eigenvalue weighted by atomic mass is 16.5. The van der Waals surface area contributed by atoms with Crippen LogP contribution in [0.3, 0.4) is 0 Å². The average molecular weight is 551 g/mol. The van der Waals surface area contributed by atoms with Crippen LogP contribution in [-0.4, -0.2) is 131 Å². The number of rotatable bonds is 14. The summed E-state index contributed by atoms with van der Waals surface area (Å²) < 4.78 is 16.1. The van der Waals surface area contributed by atoms with Crippen LogP contribution in [0.25, 0.3) is 0 Å². The molecule has 0 aliphatic carbocycles. The van der Waals surface area contributed by atoms with E-state index < -0.39 is 6.10 Å². The van der Waals surface area contributed by atoms with Crippen molar-refractivity contribution < 1.29 is 33.7 Å². The zero-order chi connectivity index (χ0) is 27.7. The van der Waals surface area contributed by atoms with Crippen molar-refractivity contribution in [1.29, 1.82) is 0 Å². The predicted molar refractivity (Wildman–Crippen MR) is 144 cm³/mol. The molecule has 2 aliphatic rings. The minimum atomic E-state index is -0.693. The molecule has 0 aromatic heterocycles. The van der Waals surface area contributed by atoms with E-state index in [9.17, 15) is 19.5 Å². The summed E-state index contributed by atoms with van der Waals surface area (Å²) in [5.41, 5.74) is 1.000. The molecule has 5 N–H and O–H groups in total. The number of nitrogens with one attached hydrogen (secondary N) is 4. The lowest BCUT2D eigenvalue weighted by atomic mass is 10.1. The van der Waals surface area contributed by atoms with Crippen molar-refractivity contribution in [2.45, 2.75) is 18.9 Å². The Morgan fingerprint density at radius 3 is 1.95 bits per heavy atom. The molecule has 2 aliphatic heterocycles. The SMILES string of the molecule is O=C(CCc1ccc(OCC(O)CNCCNC(=O)N2CCOCC2)cc1)NCCNC(=O)N1CCOCC1. The summed E-state index contributed by atoms with van der Waals surface area (Å²) in [6.45, 7) is 6.84. The summed E-state index contributed by atoms with van der Waals surface area (Å²) >= 11 is 0. The van der Waals surface area contributed by atoms with Gasteiger partial charge in [-0.3, -0.25) is 4.79 Å². The monoisotopic (exact) mass is 550 g/mol. The first-order valence-corrected chi connectivity index (χ1v) is 13.6. The van der Waals surface area contributed by atoms with E-state index in [0.717, 1.165) is 5.56 Å². The van der Waals surface area contributed by atoms with Crippen LogP contribution in [0.5, 0.6) is 5.75 Å². The average Bonchev–Trinajstić information content (AvgIpc) is 2.98. The van der Waals surface area contributed by atoms with E-state index in [-0.39, 0.29) is 24.6 Å². The van der Waals surface area contributed by atoms with Gasteiger partial charge in [-0.15, -0.1) is 0 Å². The Morgan fingerprint density at radius 2 is 1.36 bits per heavy atom. The molecule has 0 bridgehead atoms. The molecule has 1 aromatic carbocycles. The Balaban J connectivity index is 1.18. The standard InChI is InChI=1S/C26H42N6O7/c33-22(19-27-7-8-29-25(35)31-11-15-37-16-12-31)20-39-23-4-1-21(2-5-23)3-6-24(34)28-9-10-30-26(36)32-13-17-38-18-14-32/h1-2,4-5,22,27,33H,3,6-20H2,(H,28,34)(H,29,35)(H,30,36). The zero-order valence-corrected chi connectivity index (χ0v) is 22.5. The molecular formula is C26H42N6O7. The van der Waals surface area contributed by atoms with Gasteiger partial charge in [0, 0.05) is 65.3 Å². The fraction of sp³-hybridized carbons (Fsp3) is 0.654. The van der Waals surface area contributed by atoms with Crippen molar-refractivity contribution in [3.63, 3.8) is 0 Å². The van der Waals surface area contributed by atoms with Gasteiger partial charge in [0.25, 0.3) is 0 Å². The largest absolute Gasteiger partial charge is 0.491 e. The molecule has 1 atom stereocenters. The lowest BCUT2D eigenvalue weighted by Gasteiger charge is -2.27. The highest BCUT2D eigenvalue weighted by Gasteiger charge is 2.17. The lowest BCUT2D eigenvalue weighted by molar-refractivity contribution is -0.121. The van der Waals surface area contributed by atoms with E-state index in [1.165, 1.54) is 0 Å². The summed E-state index contributed by atoms with van der Waals surface area (Å²) in [5.74, 6) is 0.559. The van der Waals surface area contributed by atoms with Crippen LogP contribution in [-0.2, 0) is 20.7 Å². The predicted octanol–water partition coefficient (Wildman–Crippen LogP) is -0.852. The second kappa shape index (κ2) is 17.5. The molecular weight excluding hydrogens is 508 g/mol. The molecule has 1 unspecified atom stereocenters. The number of aliphatic hydroxyl groups is 1. The highest BCUT2D eigenvalue weighted by molar-refractivity contribution is 5.76. The molecule has 13 heteroatoms. The van der Waals surface area contributed by atoms with Gasteiger partial charge in [0.05, 0.1) is 26.4 Å². The maximum atomic E-state index is 12.1. The number of aliphatic hydroxyl groups excluding tert-OH is 1. The van der Waals surface area contributed by atoms with E-state index in [1.54, 1.807) is 9.80 Å². The summed E-state index contributed by atoms with van der Waals surface area (Å²) in [6, 6.07) is 7.19. The molecule has 2 fully saturated rings. The number of aryl methyl sites for hydroxylation is 1. The zero-order valence-electron chi connectivity index (χ0n) is 22.5. The quantitative estimate of drug-likeness (QED) is 0.188. The minimum absolute atomic E-state index is 0.0766. The Labute approximate surface area is 229 Å². The first-order chi connectivity index (χ1) is 19.0. The number of hydrogen-bond donors (Lipinski definition) is 5. The lowest BCUT2D eigenvalue weighted by Crippen LogP contribution is -2.47. The molecule has 1 aromatic rings. The van der Waals surface area contributed by atoms with Crippen molar-refractivity contribution in [2.24, 2.45) is 0 Å². The van der Waals surface area contributed by atoms with Crippen molar-refractivity contribution in [3.05, 3.63) is 29.8 Å². The Bertz CT molecular complexity index is 876. The molecule has 0 radical (unpaired) electrons. The second-order valence-corrected chi connectivity index (χ2v) is 9.33. The van der Waals surface area contributed by atoms with E-state index in [4.69, 9.17) is 14.2 Å². The van der Waals surface area contributed by atoms with Crippen molar-refractivity contribution in [2.75, 3.05) is 91.9 Å². The number of carbonyl (C=O) groups is 3. The Kier molecular flexibility index (Phi) is 13.6. The summed E-state index contributed by atoms with van der Waals surface area (Å²) in [7, 11) is 0. The van der Waals surface area contributed by atoms with Gasteiger partial charge in [-0.2, -0.15) is 0 Å². The van der Waals surface area contributed by atoms with Crippen LogP contribution in [0.2, 0.25) is 0 Å². The third kappa shape index (κ3) is 12.1. The number of urea groups is 2. The van der Waals surface area contributed by atoms with Crippen molar-refractivity contribution >= 4 is 18.0 Å². The van der Waals surface area contributed by atoms with E-state index in [0.29, 0.717) is 104 Å². The van der Waals surface area contributed by atoms with E-state index >= 15 is 0 Å². The van der Waals surface area contributed by atoms with Crippen LogP contribution >= 0.6 is 0 Å². The van der Waals surface area contributed by atoms with Gasteiger partial charge in [-0.25, -0.2) is 9.59 Å². The number of hydrogen-bond acceptors (Lipinski definition) is 8. The minimum Gasteiger partial charge on any atom is -0.491 e. The maximum Gasteiger partial charge on any atom is 0.317 e. The summed E-state index contributed by atoms with van der Waals surface area (Å²) in [5, 5.41) is 21.7. The topological polar surface area (TPSA) is 154 Å². The number of nitrogens with zero attached hydrogens (tertiary/aromatic N) is 2. The number of benzene rings is 1. The fourth-order valence-corrected chi connectivity index (χ4v) is 4.00. The van der Waals surface area contributed by atoms with Crippen LogP contribution in [0.1, 0.15) is 12.0 Å². The fourth-order valence-electron chi connectivity index (χ4n) is 4.00. The number of ether oxygens (including phenoxy) is 3. The summed E-state index contributed by atoms with van der Waals surface area (Å²) in [6.07, 6.45) is 0.234. The van der Waals surface area contributed by atoms with Crippen molar-refractivity contribution in [1.82, 2.24) is 31.1 Å². The molecule has 0 saturated carbocycles. The van der Waals surface area contributed by atoms with Gasteiger partial charge in [0.1, 0.15) is 18.5 Å². The molecule has 218 valence electrons. The normalized spacial score (nSPS) is 16.3. The summed E-state index contributed by atoms with van der Waals surface area (Å²) in [4.78, 5) is 39.5. The molecule has 39 heavy (non-hydrogen) atoms. The van der Waals surface area contributed by atoms with Gasteiger partial charge in [0.15, 0.2) is 0 Å². The molecule has 3 rings (SSSR count). The third-order valence-corrected chi connectivity index (χ3v) is 6.28. The van der Waals surface area contributed by atoms with Gasteiger partial charge in [-0.1, -0.05) is 12.1 Å². The molecule has 13 nitrogen and oxygen atoms in total. The smallest absolute Gasteiger partial charge is 0.317 e. The molecule has 2 heterocycles. The van der Waals surface area contributed by atoms with Crippen LogP contribution < -0.4 is 26.0 Å². The number of morpholine rings is 2. The third-order valence-electron chi connectivity index (χ3n) is 6.28. The van der Waals surface area contributed by atoms with Crippen LogP contribution in [0.4, 0.5) is 9.59 Å². The van der Waals surface area contributed by atoms with Crippen LogP contribution in [0.15, 0.2) is 24.3 Å². The van der Waals surface area contributed by atoms with Gasteiger partial charge < -0.3 is 50.4 Å². The van der Waals surface area contributed by atoms with Gasteiger partial charge >= 0.3 is 12.1 Å². The Morgan fingerprint density at radius 1 is 0.821 bits per heavy atom. The van der Waals surface area contributed by atoms with Crippen LogP contribution in [0, 0.1) is 0 Å². The van der Waals surface area contributed by atoms with Gasteiger partial charge in [-0.05, 0) is 24.1 Å². The second-order valence-electron chi connectivity index (χ2n) is 9.33. The maximum absolute atomic E-state index is 12.1. The molecule has 2 saturated heterocycles. The van der Waals surface area contributed by atoms with Gasteiger partial charge in [0.2, 0.25) is 5.91 Å². The molecule has 0 spiro atoms. The van der Waals surface area contributed by atoms with E-state index in [1.807, 2.05) is 24.3 Å². The molecule has 5 amide bonds. The van der Waals surface area contributed by atoms with E-state index in [2.05, 4.69) is 21.3 Å². The number of amides is 5. The highest BCUT2D eigenvalue weighted by Crippen LogP contribution is 2.13. The number of carbonyl (C=O) groups excluding carboxylic acids is 3. The van der Waals surface area contributed by atoms with Crippen molar-refractivity contribution in [3.8, 4) is 5.75 Å². The first kappa shape index (κ1) is 30.4.